The van der Waals surface area contributed by atoms with Gasteiger partial charge >= 0.3 is 5.69 Å². The van der Waals surface area contributed by atoms with Crippen molar-refractivity contribution in [2.75, 3.05) is 32.1 Å². The summed E-state index contributed by atoms with van der Waals surface area (Å²) in [5.74, 6) is 1.45. The zero-order valence-corrected chi connectivity index (χ0v) is 35.6. The number of ether oxygens (including phenoxy) is 1. The number of nitrogens with zero attached hydrogens (tertiary/aromatic N) is 10. The Morgan fingerprint density at radius 2 is 1.73 bits per heavy atom. The Labute approximate surface area is 356 Å². The molecule has 1 saturated carbocycles. The number of tetrazole rings is 1. The number of hydrogen-bond acceptors (Lipinski definition) is 9. The summed E-state index contributed by atoms with van der Waals surface area (Å²) in [6, 6.07) is 18.6. The van der Waals surface area contributed by atoms with Crippen molar-refractivity contribution >= 4 is 26.5 Å². The second kappa shape index (κ2) is 14.4. The number of fused-ring (bicyclic) bond motifs is 2. The van der Waals surface area contributed by atoms with Crippen LogP contribution in [0.25, 0.3) is 28.1 Å². The maximum absolute atomic E-state index is 15.3. The first-order valence-corrected chi connectivity index (χ1v) is 23.0. The van der Waals surface area contributed by atoms with Crippen LogP contribution < -0.4 is 5.69 Å². The Kier molecular flexibility index (Phi) is 9.02. The molecule has 62 heavy (non-hydrogen) atoms. The molecule has 2 fully saturated rings. The van der Waals surface area contributed by atoms with Crippen molar-refractivity contribution in [2.45, 2.75) is 81.7 Å². The van der Waals surface area contributed by atoms with Crippen molar-refractivity contribution in [3.05, 3.63) is 129 Å². The molecule has 0 radical (unpaired) electrons. The van der Waals surface area contributed by atoms with E-state index in [0.29, 0.717) is 75.9 Å². The van der Waals surface area contributed by atoms with Gasteiger partial charge < -0.3 is 14.2 Å². The summed E-state index contributed by atoms with van der Waals surface area (Å²) in [5.41, 5.74) is 5.26. The average molecular weight is 856 g/mol. The maximum atomic E-state index is 15.3. The third-order valence-corrected chi connectivity index (χ3v) is 15.8. The highest BCUT2D eigenvalue weighted by Gasteiger charge is 2.53. The molecule has 4 aromatic heterocycles. The van der Waals surface area contributed by atoms with Crippen LogP contribution in [0.4, 0.5) is 4.39 Å². The van der Waals surface area contributed by atoms with Crippen LogP contribution in [-0.2, 0) is 26.4 Å². The monoisotopic (exact) mass is 855 g/mol. The number of imidazole rings is 1. The van der Waals surface area contributed by atoms with Crippen LogP contribution in [0.15, 0.2) is 87.1 Å². The van der Waals surface area contributed by atoms with Gasteiger partial charge in [-0.15, -0.1) is 10.2 Å². The van der Waals surface area contributed by atoms with E-state index in [9.17, 15) is 9.00 Å². The number of amides is 1. The van der Waals surface area contributed by atoms with E-state index in [2.05, 4.69) is 47.8 Å². The lowest BCUT2D eigenvalue weighted by atomic mass is 9.91. The van der Waals surface area contributed by atoms with Gasteiger partial charge in [-0.1, -0.05) is 11.3 Å². The van der Waals surface area contributed by atoms with Crippen molar-refractivity contribution in [1.29, 1.82) is 0 Å². The molecule has 1 saturated heterocycles. The lowest BCUT2D eigenvalue weighted by molar-refractivity contribution is 0.0664. The lowest BCUT2D eigenvalue weighted by Gasteiger charge is -2.34. The van der Waals surface area contributed by atoms with E-state index in [1.807, 2.05) is 17.9 Å². The van der Waals surface area contributed by atoms with Gasteiger partial charge in [-0.05, 0) is 130 Å². The molecule has 17 heteroatoms. The first-order valence-electron chi connectivity index (χ1n) is 21.3. The summed E-state index contributed by atoms with van der Waals surface area (Å²) in [6.07, 6.45) is 8.01. The number of H-pyrrole nitrogens is 1. The van der Waals surface area contributed by atoms with Crippen LogP contribution in [0, 0.1) is 19.7 Å². The molecule has 7 aromatic rings. The van der Waals surface area contributed by atoms with E-state index in [1.54, 1.807) is 71.9 Å². The Bertz CT molecular complexity index is 3080. The highest BCUT2D eigenvalue weighted by Crippen LogP contribution is 2.51. The molecule has 1 N–H and O–H groups in total. The zero-order valence-electron chi connectivity index (χ0n) is 34.8. The largest absolute Gasteiger partial charge is 0.381 e. The molecule has 0 spiro atoms. The first-order chi connectivity index (χ1) is 30.0. The topological polar surface area (TPSA) is 163 Å². The van der Waals surface area contributed by atoms with Crippen molar-refractivity contribution in [3.63, 3.8) is 0 Å². The normalized spacial score (nSPS) is 21.0. The van der Waals surface area contributed by atoms with Gasteiger partial charge in [0.15, 0.2) is 5.82 Å². The van der Waals surface area contributed by atoms with Crippen molar-refractivity contribution < 1.29 is 18.1 Å². The number of benzene rings is 3. The van der Waals surface area contributed by atoms with E-state index >= 15 is 9.18 Å². The molecule has 7 heterocycles. The number of aryl methyl sites for hydroxylation is 2. The van der Waals surface area contributed by atoms with E-state index < -0.39 is 21.3 Å². The van der Waals surface area contributed by atoms with Gasteiger partial charge in [-0.2, -0.15) is 10.3 Å². The van der Waals surface area contributed by atoms with E-state index in [0.717, 1.165) is 67.5 Å². The first kappa shape index (κ1) is 38.7. The third kappa shape index (κ3) is 6.02. The smallest absolute Gasteiger partial charge is 0.338 e. The summed E-state index contributed by atoms with van der Waals surface area (Å²) in [6.45, 7) is 7.82. The summed E-state index contributed by atoms with van der Waals surface area (Å²) < 4.78 is 45.4. The molecular weight excluding hydrogens is 810 g/mol. The number of hydrogen-bond donors (Lipinski definition) is 1. The summed E-state index contributed by atoms with van der Waals surface area (Å²) in [7, 11) is -2.45. The number of carbonyl (C=O) groups is 1. The van der Waals surface area contributed by atoms with Crippen LogP contribution >= 0.6 is 0 Å². The number of rotatable bonds is 8. The molecule has 2 atom stereocenters. The molecule has 3 aromatic carbocycles. The predicted molar refractivity (Wildman–Crippen MR) is 229 cm³/mol. The highest BCUT2D eigenvalue weighted by atomic mass is 32.2. The number of aromatic amines is 1. The second-order valence-electron chi connectivity index (χ2n) is 17.1. The average Bonchev–Trinajstić information content (AvgIpc) is 3.88. The number of nitrogens with one attached hydrogen (secondary N) is 1. The molecule has 3 aliphatic heterocycles. The second-order valence-corrected chi connectivity index (χ2v) is 19.5. The molecule has 0 bridgehead atoms. The Balaban J connectivity index is 1.03. The Hall–Kier alpha value is -6.20. The van der Waals surface area contributed by atoms with Gasteiger partial charge in [-0.3, -0.25) is 13.9 Å². The number of halogens is 1. The fourth-order valence-corrected chi connectivity index (χ4v) is 12.0. The molecular formula is C45H46FN11O4S. The summed E-state index contributed by atoms with van der Waals surface area (Å²) in [5, 5.41) is 21.4. The summed E-state index contributed by atoms with van der Waals surface area (Å²) in [4.78, 5) is 32.5. The Morgan fingerprint density at radius 3 is 2.42 bits per heavy atom. The van der Waals surface area contributed by atoms with E-state index in [-0.39, 0.29) is 17.4 Å². The molecule has 1 aliphatic carbocycles. The van der Waals surface area contributed by atoms with Gasteiger partial charge in [0.05, 0.1) is 32.8 Å². The summed E-state index contributed by atoms with van der Waals surface area (Å²) >= 11 is 0. The number of aromatic nitrogens is 9. The van der Waals surface area contributed by atoms with Gasteiger partial charge in [0, 0.05) is 72.2 Å². The minimum atomic E-state index is -2.45. The minimum Gasteiger partial charge on any atom is -0.381 e. The zero-order chi connectivity index (χ0) is 42.5. The van der Waals surface area contributed by atoms with Crippen LogP contribution in [0.2, 0.25) is 0 Å². The van der Waals surface area contributed by atoms with Gasteiger partial charge in [0.25, 0.3) is 5.91 Å². The quantitative estimate of drug-likeness (QED) is 0.182. The molecule has 15 nitrogen and oxygen atoms in total. The predicted octanol–water partition coefficient (Wildman–Crippen LogP) is 6.46. The Morgan fingerprint density at radius 1 is 0.968 bits per heavy atom. The van der Waals surface area contributed by atoms with Gasteiger partial charge in [0.2, 0.25) is 0 Å². The van der Waals surface area contributed by atoms with E-state index in [4.69, 9.17) is 9.84 Å². The lowest BCUT2D eigenvalue weighted by Crippen LogP contribution is -2.41. The van der Waals surface area contributed by atoms with Crippen molar-refractivity contribution in [1.82, 2.24) is 49.0 Å². The van der Waals surface area contributed by atoms with E-state index in [1.165, 1.54) is 10.1 Å². The number of carbonyl (C=O) groups excluding carboxylic acids is 1. The van der Waals surface area contributed by atoms with Crippen molar-refractivity contribution in [2.24, 2.45) is 4.36 Å². The van der Waals surface area contributed by atoms with Gasteiger partial charge in [-0.25, -0.2) is 22.4 Å². The van der Waals surface area contributed by atoms with Crippen LogP contribution in [0.3, 0.4) is 0 Å². The fraction of sp³-hybridized carbons (Fsp3) is 0.378. The standard InChI is InChI=1S/C45H46FN11O4S/c1-27-23-34(24-28(2)40(27)46)57-41(55-19-18-54(44(55)59)33-6-8-35(9-7-33)62(60)22-4-16-47-62)39-29(3)53(17-11-36(39)50-57)42(58)38-26-32-25-31(30-12-20-61-21-13-30)5-10-37(32)56(38)45(14-15-45)43-48-51-52-49-43/h5-10,18-19,23-26,29-30H,4,11-17,20-22H2,1-3H3,(H,48,49,51,52)/t29-,62?/m0/s1. The molecule has 11 rings (SSSR count). The van der Waals surface area contributed by atoms with Gasteiger partial charge in [0.1, 0.15) is 22.9 Å². The van der Waals surface area contributed by atoms with Crippen molar-refractivity contribution in [3.8, 4) is 17.2 Å². The third-order valence-electron chi connectivity index (χ3n) is 13.4. The molecule has 318 valence electrons. The van der Waals surface area contributed by atoms with Crippen LogP contribution in [0.5, 0.6) is 0 Å². The molecule has 4 aliphatic rings. The molecule has 1 amide bonds. The van der Waals surface area contributed by atoms with Crippen LogP contribution in [-0.4, -0.2) is 91.2 Å². The molecule has 1 unspecified atom stereocenters. The SMILES string of the molecule is Cc1cc(-n2nc3c(c2-n2ccn(-c4ccc(S5(=O)=NCCC5)cc4)c2=O)[C@H](C)N(C(=O)c2cc4cc(C5CCOCC5)ccc4n2C2(c4nn[nH]n4)CC2)CC3)cc(C)c1F. The highest BCUT2D eigenvalue weighted by molar-refractivity contribution is 7.93. The fourth-order valence-electron chi connectivity index (χ4n) is 9.98. The van der Waals surface area contributed by atoms with Crippen LogP contribution in [0.1, 0.15) is 95.2 Å². The maximum Gasteiger partial charge on any atom is 0.338 e. The minimum absolute atomic E-state index is 0.161.